The van der Waals surface area contributed by atoms with E-state index in [0.29, 0.717) is 11.5 Å². The maximum Gasteiger partial charge on any atom is 0.0777 e. The molecular formula is C9H17NO. The van der Waals surface area contributed by atoms with Crippen molar-refractivity contribution in [3.63, 3.8) is 0 Å². The number of aliphatic hydroxyl groups is 1. The molecule has 2 rings (SSSR count). The van der Waals surface area contributed by atoms with Crippen LogP contribution in [0.4, 0.5) is 0 Å². The minimum Gasteiger partial charge on any atom is -0.389 e. The molecule has 0 amide bonds. The molecule has 1 saturated carbocycles. The van der Waals surface area contributed by atoms with E-state index in [1.165, 1.54) is 12.8 Å². The molecule has 0 aromatic rings. The van der Waals surface area contributed by atoms with Crippen LogP contribution in [0.25, 0.3) is 0 Å². The summed E-state index contributed by atoms with van der Waals surface area (Å²) in [4.78, 5) is 0. The molecule has 11 heavy (non-hydrogen) atoms. The van der Waals surface area contributed by atoms with E-state index in [9.17, 15) is 5.11 Å². The van der Waals surface area contributed by atoms with Crippen molar-refractivity contribution < 1.29 is 5.11 Å². The lowest BCUT2D eigenvalue weighted by molar-refractivity contribution is 0.0311. The lowest BCUT2D eigenvalue weighted by Crippen LogP contribution is -2.46. The smallest absolute Gasteiger partial charge is 0.0777 e. The number of rotatable bonds is 0. The van der Waals surface area contributed by atoms with E-state index in [2.05, 4.69) is 12.2 Å². The second kappa shape index (κ2) is 1.99. The predicted molar refractivity (Wildman–Crippen MR) is 44.4 cm³/mol. The minimum atomic E-state index is -0.453. The summed E-state index contributed by atoms with van der Waals surface area (Å²) in [6.45, 7) is 5.33. The third kappa shape index (κ3) is 0.926. The second-order valence-electron chi connectivity index (χ2n) is 4.65. The Hall–Kier alpha value is -0.0800. The van der Waals surface area contributed by atoms with Crippen molar-refractivity contribution in [2.75, 3.05) is 6.54 Å². The largest absolute Gasteiger partial charge is 0.389 e. The van der Waals surface area contributed by atoms with Crippen molar-refractivity contribution >= 4 is 0 Å². The van der Waals surface area contributed by atoms with Crippen LogP contribution in [0.15, 0.2) is 0 Å². The predicted octanol–water partition coefficient (Wildman–Crippen LogP) is 0.899. The molecule has 1 aliphatic heterocycles. The average Bonchev–Trinajstić information content (AvgIpc) is 2.36. The first kappa shape index (κ1) is 7.56. The summed E-state index contributed by atoms with van der Waals surface area (Å²) in [5.41, 5.74) is -0.0747. The quantitative estimate of drug-likeness (QED) is 0.544. The Bertz CT molecular complexity index is 178. The first-order valence-electron chi connectivity index (χ1n) is 4.50. The summed E-state index contributed by atoms with van der Waals surface area (Å²) >= 11 is 0. The van der Waals surface area contributed by atoms with Gasteiger partial charge in [0.2, 0.25) is 0 Å². The lowest BCUT2D eigenvalue weighted by atomic mass is 9.83. The van der Waals surface area contributed by atoms with Crippen LogP contribution >= 0.6 is 0 Å². The summed E-state index contributed by atoms with van der Waals surface area (Å²) in [6.07, 6.45) is 3.37. The van der Waals surface area contributed by atoms with Gasteiger partial charge in [0.15, 0.2) is 0 Å². The topological polar surface area (TPSA) is 32.3 Å². The van der Waals surface area contributed by atoms with E-state index in [-0.39, 0.29) is 0 Å². The Balaban J connectivity index is 2.26. The highest BCUT2D eigenvalue weighted by Gasteiger charge is 2.53. The fourth-order valence-corrected chi connectivity index (χ4v) is 2.82. The van der Waals surface area contributed by atoms with Gasteiger partial charge < -0.3 is 10.4 Å². The molecular weight excluding hydrogens is 138 g/mol. The summed E-state index contributed by atoms with van der Waals surface area (Å²) < 4.78 is 0. The maximum absolute atomic E-state index is 9.97. The van der Waals surface area contributed by atoms with Gasteiger partial charge in [0.05, 0.1) is 5.60 Å². The summed E-state index contributed by atoms with van der Waals surface area (Å²) in [5, 5.41) is 13.4. The number of hydrogen-bond acceptors (Lipinski definition) is 2. The van der Waals surface area contributed by atoms with E-state index >= 15 is 0 Å². The van der Waals surface area contributed by atoms with Gasteiger partial charge in [-0.05, 0) is 38.1 Å². The molecule has 0 aromatic carbocycles. The Morgan fingerprint density at radius 2 is 2.00 bits per heavy atom. The van der Waals surface area contributed by atoms with Gasteiger partial charge in [-0.15, -0.1) is 0 Å². The Labute approximate surface area is 68.0 Å². The van der Waals surface area contributed by atoms with Crippen molar-refractivity contribution in [3.8, 4) is 0 Å². The van der Waals surface area contributed by atoms with Gasteiger partial charge in [-0.2, -0.15) is 0 Å². The Kier molecular flexibility index (Phi) is 1.37. The Morgan fingerprint density at radius 3 is 2.64 bits per heavy atom. The van der Waals surface area contributed by atoms with Crippen LogP contribution in [0.5, 0.6) is 0 Å². The first-order chi connectivity index (χ1) is 5.05. The van der Waals surface area contributed by atoms with E-state index < -0.39 is 5.60 Å². The summed E-state index contributed by atoms with van der Waals surface area (Å²) in [5.74, 6) is 0. The summed E-state index contributed by atoms with van der Waals surface area (Å²) in [6, 6.07) is 0.343. The maximum atomic E-state index is 9.97. The van der Waals surface area contributed by atoms with Crippen LogP contribution in [0.3, 0.4) is 0 Å². The fraction of sp³-hybridized carbons (Fsp3) is 1.00. The molecule has 1 aliphatic carbocycles. The molecule has 0 spiro atoms. The van der Waals surface area contributed by atoms with Crippen molar-refractivity contribution in [1.29, 1.82) is 0 Å². The van der Waals surface area contributed by atoms with E-state index in [4.69, 9.17) is 0 Å². The highest BCUT2D eigenvalue weighted by molar-refractivity contribution is 5.09. The molecule has 1 heterocycles. The number of hydrogen-bond donors (Lipinski definition) is 2. The Morgan fingerprint density at radius 1 is 1.27 bits per heavy atom. The molecule has 0 unspecified atom stereocenters. The zero-order valence-electron chi connectivity index (χ0n) is 7.35. The van der Waals surface area contributed by atoms with Gasteiger partial charge in [0.1, 0.15) is 0 Å². The molecule has 1 saturated heterocycles. The van der Waals surface area contributed by atoms with Crippen LogP contribution in [0.2, 0.25) is 0 Å². The van der Waals surface area contributed by atoms with Gasteiger partial charge in [-0.3, -0.25) is 0 Å². The molecule has 3 atom stereocenters. The van der Waals surface area contributed by atoms with Gasteiger partial charge in [-0.25, -0.2) is 0 Å². The van der Waals surface area contributed by atoms with Crippen LogP contribution in [0.1, 0.15) is 33.1 Å². The third-order valence-corrected chi connectivity index (χ3v) is 3.57. The van der Waals surface area contributed by atoms with Crippen LogP contribution in [-0.4, -0.2) is 23.3 Å². The molecule has 2 aliphatic rings. The third-order valence-electron chi connectivity index (χ3n) is 3.57. The molecule has 0 bridgehead atoms. The van der Waals surface area contributed by atoms with Gasteiger partial charge in [0.25, 0.3) is 0 Å². The van der Waals surface area contributed by atoms with Crippen molar-refractivity contribution in [2.24, 2.45) is 5.41 Å². The molecule has 2 heteroatoms. The van der Waals surface area contributed by atoms with Gasteiger partial charge in [0, 0.05) is 6.04 Å². The molecule has 0 radical (unpaired) electrons. The standard InChI is InChI=1S/C9H17NO/c1-8-3-4-9(2,11)7(8)10-6-5-8/h7,10-11H,3-6H2,1-2H3/t7-,8+,9+/m0/s1. The second-order valence-corrected chi connectivity index (χ2v) is 4.65. The first-order valence-corrected chi connectivity index (χ1v) is 4.50. The molecule has 2 N–H and O–H groups in total. The monoisotopic (exact) mass is 155 g/mol. The van der Waals surface area contributed by atoms with Crippen LogP contribution in [-0.2, 0) is 0 Å². The number of fused-ring (bicyclic) bond motifs is 1. The lowest BCUT2D eigenvalue weighted by Gasteiger charge is -2.30. The minimum absolute atomic E-state index is 0.343. The molecule has 2 nitrogen and oxygen atoms in total. The SMILES string of the molecule is C[C@@]12CCN[C@@H]1[C@](C)(O)CC2. The molecule has 0 aromatic heterocycles. The zero-order chi connectivity index (χ0) is 8.11. The highest BCUT2D eigenvalue weighted by Crippen LogP contribution is 2.48. The summed E-state index contributed by atoms with van der Waals surface area (Å²) in [7, 11) is 0. The van der Waals surface area contributed by atoms with Crippen molar-refractivity contribution in [1.82, 2.24) is 5.32 Å². The fourth-order valence-electron chi connectivity index (χ4n) is 2.82. The van der Waals surface area contributed by atoms with Crippen LogP contribution < -0.4 is 5.32 Å². The molecule has 2 fully saturated rings. The van der Waals surface area contributed by atoms with Crippen molar-refractivity contribution in [2.45, 2.75) is 44.8 Å². The van der Waals surface area contributed by atoms with Gasteiger partial charge >= 0.3 is 0 Å². The average molecular weight is 155 g/mol. The normalized spacial score (nSPS) is 56.5. The highest BCUT2D eigenvalue weighted by atomic mass is 16.3. The van der Waals surface area contributed by atoms with E-state index in [1.54, 1.807) is 0 Å². The van der Waals surface area contributed by atoms with E-state index in [1.807, 2.05) is 6.92 Å². The molecule has 64 valence electrons. The zero-order valence-corrected chi connectivity index (χ0v) is 7.35. The van der Waals surface area contributed by atoms with Gasteiger partial charge in [-0.1, -0.05) is 6.92 Å². The van der Waals surface area contributed by atoms with Crippen LogP contribution in [0, 0.1) is 5.41 Å². The number of nitrogens with one attached hydrogen (secondary N) is 1. The van der Waals surface area contributed by atoms with Crippen molar-refractivity contribution in [3.05, 3.63) is 0 Å². The van der Waals surface area contributed by atoms with E-state index in [0.717, 1.165) is 13.0 Å².